The number of ether oxygens (including phenoxy) is 1. The van der Waals surface area contributed by atoms with Crippen molar-refractivity contribution in [3.8, 4) is 5.75 Å². The Morgan fingerprint density at radius 2 is 2.23 bits per heavy atom. The standard InChI is InChI=1S/C16H17N3O3/c20-16(15-5-7-18-22-15)19-9-11-3-4-14(13(11)10-19)21-12-2-1-6-17-8-12/h1-2,5-8,11,13-14H,3-4,9-10H2/t11-,13+,14+/m1/s1. The number of fused-ring (bicyclic) bond motifs is 1. The van der Waals surface area contributed by atoms with Crippen molar-refractivity contribution in [1.82, 2.24) is 15.0 Å². The molecule has 0 aromatic carbocycles. The van der Waals surface area contributed by atoms with Crippen LogP contribution in [0.15, 0.2) is 41.3 Å². The molecular formula is C16H17N3O3. The predicted octanol–water partition coefficient (Wildman–Crippen LogP) is 2.00. The maximum Gasteiger partial charge on any atom is 0.292 e. The van der Waals surface area contributed by atoms with Gasteiger partial charge in [0.25, 0.3) is 5.91 Å². The zero-order chi connectivity index (χ0) is 14.9. The summed E-state index contributed by atoms with van der Waals surface area (Å²) in [6, 6.07) is 5.41. The number of pyridine rings is 1. The first-order valence-electron chi connectivity index (χ1n) is 7.58. The molecule has 1 saturated carbocycles. The van der Waals surface area contributed by atoms with Gasteiger partial charge in [-0.05, 0) is 30.9 Å². The van der Waals surface area contributed by atoms with Crippen molar-refractivity contribution in [2.75, 3.05) is 13.1 Å². The minimum Gasteiger partial charge on any atom is -0.488 e. The summed E-state index contributed by atoms with van der Waals surface area (Å²) in [5.41, 5.74) is 0. The fourth-order valence-electron chi connectivity index (χ4n) is 3.60. The van der Waals surface area contributed by atoms with E-state index in [-0.39, 0.29) is 12.0 Å². The molecule has 1 aliphatic heterocycles. The third-order valence-electron chi connectivity index (χ3n) is 4.65. The van der Waals surface area contributed by atoms with Crippen LogP contribution in [0.1, 0.15) is 23.4 Å². The molecule has 22 heavy (non-hydrogen) atoms. The molecule has 0 spiro atoms. The number of aromatic nitrogens is 2. The zero-order valence-electron chi connectivity index (χ0n) is 12.1. The molecule has 0 radical (unpaired) electrons. The van der Waals surface area contributed by atoms with E-state index >= 15 is 0 Å². The zero-order valence-corrected chi connectivity index (χ0v) is 12.1. The summed E-state index contributed by atoms with van der Waals surface area (Å²) in [5, 5.41) is 3.60. The van der Waals surface area contributed by atoms with Gasteiger partial charge in [-0.1, -0.05) is 5.16 Å². The monoisotopic (exact) mass is 299 g/mol. The molecule has 2 aliphatic rings. The second kappa shape index (κ2) is 5.44. The maximum atomic E-state index is 12.3. The van der Waals surface area contributed by atoms with Gasteiger partial charge in [0.1, 0.15) is 11.9 Å². The van der Waals surface area contributed by atoms with Gasteiger partial charge in [-0.3, -0.25) is 9.78 Å². The molecule has 114 valence electrons. The number of rotatable bonds is 3. The van der Waals surface area contributed by atoms with Crippen LogP contribution >= 0.6 is 0 Å². The Morgan fingerprint density at radius 1 is 1.27 bits per heavy atom. The SMILES string of the molecule is O=C(c1ccno1)N1C[C@H]2CC[C@H](Oc3cccnc3)[C@H]2C1. The number of amides is 1. The van der Waals surface area contributed by atoms with Gasteiger partial charge >= 0.3 is 0 Å². The van der Waals surface area contributed by atoms with Crippen LogP contribution in [-0.4, -0.2) is 40.1 Å². The lowest BCUT2D eigenvalue weighted by Crippen LogP contribution is -2.32. The Balaban J connectivity index is 1.44. The topological polar surface area (TPSA) is 68.5 Å². The van der Waals surface area contributed by atoms with Crippen molar-refractivity contribution in [2.45, 2.75) is 18.9 Å². The van der Waals surface area contributed by atoms with Gasteiger partial charge in [0.15, 0.2) is 0 Å². The van der Waals surface area contributed by atoms with E-state index in [1.807, 2.05) is 17.0 Å². The first-order valence-corrected chi connectivity index (χ1v) is 7.58. The molecule has 2 fully saturated rings. The number of hydrogen-bond acceptors (Lipinski definition) is 5. The number of carbonyl (C=O) groups is 1. The van der Waals surface area contributed by atoms with Crippen molar-refractivity contribution in [3.63, 3.8) is 0 Å². The van der Waals surface area contributed by atoms with Crippen molar-refractivity contribution >= 4 is 5.91 Å². The number of carbonyl (C=O) groups excluding carboxylic acids is 1. The van der Waals surface area contributed by atoms with E-state index in [0.29, 0.717) is 17.6 Å². The number of hydrogen-bond donors (Lipinski definition) is 0. The molecule has 3 atom stereocenters. The van der Waals surface area contributed by atoms with Gasteiger partial charge in [-0.15, -0.1) is 0 Å². The first-order chi connectivity index (χ1) is 10.8. The molecule has 1 amide bonds. The highest BCUT2D eigenvalue weighted by Crippen LogP contribution is 2.40. The van der Waals surface area contributed by atoms with Crippen molar-refractivity contribution < 1.29 is 14.1 Å². The number of likely N-dealkylation sites (tertiary alicyclic amines) is 1. The Morgan fingerprint density at radius 3 is 3.00 bits per heavy atom. The molecule has 2 aromatic heterocycles. The summed E-state index contributed by atoms with van der Waals surface area (Å²) in [4.78, 5) is 18.3. The average molecular weight is 299 g/mol. The van der Waals surface area contributed by atoms with Crippen LogP contribution in [0.5, 0.6) is 5.75 Å². The van der Waals surface area contributed by atoms with Crippen LogP contribution in [-0.2, 0) is 0 Å². The minimum atomic E-state index is -0.0768. The first kappa shape index (κ1) is 13.3. The number of nitrogens with zero attached hydrogens (tertiary/aromatic N) is 3. The van der Waals surface area contributed by atoms with Crippen molar-refractivity contribution in [1.29, 1.82) is 0 Å². The molecule has 0 N–H and O–H groups in total. The molecule has 4 rings (SSSR count). The minimum absolute atomic E-state index is 0.0768. The van der Waals surface area contributed by atoms with E-state index in [0.717, 1.165) is 31.7 Å². The molecule has 3 heterocycles. The van der Waals surface area contributed by atoms with Crippen LogP contribution in [0.3, 0.4) is 0 Å². The summed E-state index contributed by atoms with van der Waals surface area (Å²) in [7, 11) is 0. The van der Waals surface area contributed by atoms with Gasteiger partial charge < -0.3 is 14.2 Å². The summed E-state index contributed by atoms with van der Waals surface area (Å²) >= 11 is 0. The Bertz CT molecular complexity index is 644. The largest absolute Gasteiger partial charge is 0.488 e. The van der Waals surface area contributed by atoms with E-state index in [1.54, 1.807) is 18.5 Å². The third kappa shape index (κ3) is 2.34. The fraction of sp³-hybridized carbons (Fsp3) is 0.438. The van der Waals surface area contributed by atoms with Crippen LogP contribution in [0.25, 0.3) is 0 Å². The molecule has 1 saturated heterocycles. The fourth-order valence-corrected chi connectivity index (χ4v) is 3.60. The maximum absolute atomic E-state index is 12.3. The molecule has 0 bridgehead atoms. The normalized spacial score (nSPS) is 26.9. The highest BCUT2D eigenvalue weighted by atomic mass is 16.5. The molecule has 0 unspecified atom stereocenters. The van der Waals surface area contributed by atoms with E-state index < -0.39 is 0 Å². The Labute approximate surface area is 128 Å². The molecular weight excluding hydrogens is 282 g/mol. The quantitative estimate of drug-likeness (QED) is 0.867. The van der Waals surface area contributed by atoms with E-state index in [4.69, 9.17) is 9.26 Å². The van der Waals surface area contributed by atoms with Gasteiger partial charge in [0.2, 0.25) is 5.76 Å². The average Bonchev–Trinajstić information content (AvgIpc) is 3.26. The highest BCUT2D eigenvalue weighted by molar-refractivity contribution is 5.91. The highest BCUT2D eigenvalue weighted by Gasteiger charge is 2.45. The predicted molar refractivity (Wildman–Crippen MR) is 77.3 cm³/mol. The van der Waals surface area contributed by atoms with E-state index in [2.05, 4.69) is 10.1 Å². The van der Waals surface area contributed by atoms with Gasteiger partial charge in [-0.25, -0.2) is 0 Å². The van der Waals surface area contributed by atoms with Crippen molar-refractivity contribution in [2.24, 2.45) is 11.8 Å². The summed E-state index contributed by atoms with van der Waals surface area (Å²) in [5.74, 6) is 1.92. The lowest BCUT2D eigenvalue weighted by atomic mass is 9.99. The lowest BCUT2D eigenvalue weighted by Gasteiger charge is -2.21. The van der Waals surface area contributed by atoms with Crippen LogP contribution in [0.2, 0.25) is 0 Å². The lowest BCUT2D eigenvalue weighted by molar-refractivity contribution is 0.0721. The van der Waals surface area contributed by atoms with Crippen LogP contribution < -0.4 is 4.74 Å². The molecule has 6 heteroatoms. The van der Waals surface area contributed by atoms with E-state index in [1.165, 1.54) is 6.20 Å². The molecule has 2 aromatic rings. The molecule has 6 nitrogen and oxygen atoms in total. The summed E-state index contributed by atoms with van der Waals surface area (Å²) < 4.78 is 11.0. The van der Waals surface area contributed by atoms with Crippen molar-refractivity contribution in [3.05, 3.63) is 42.5 Å². The summed E-state index contributed by atoms with van der Waals surface area (Å²) in [6.07, 6.45) is 7.25. The van der Waals surface area contributed by atoms with Crippen LogP contribution in [0, 0.1) is 11.8 Å². The third-order valence-corrected chi connectivity index (χ3v) is 4.65. The summed E-state index contributed by atoms with van der Waals surface area (Å²) in [6.45, 7) is 1.49. The second-order valence-electron chi connectivity index (χ2n) is 5.93. The second-order valence-corrected chi connectivity index (χ2v) is 5.93. The Kier molecular flexibility index (Phi) is 3.29. The van der Waals surface area contributed by atoms with Gasteiger partial charge in [0.05, 0.1) is 12.4 Å². The Hall–Kier alpha value is -2.37. The van der Waals surface area contributed by atoms with Gasteiger partial charge in [0, 0.05) is 31.3 Å². The smallest absolute Gasteiger partial charge is 0.292 e. The van der Waals surface area contributed by atoms with Gasteiger partial charge in [-0.2, -0.15) is 0 Å². The van der Waals surface area contributed by atoms with E-state index in [9.17, 15) is 4.79 Å². The molecule has 1 aliphatic carbocycles. The van der Waals surface area contributed by atoms with Crippen LogP contribution in [0.4, 0.5) is 0 Å².